The summed E-state index contributed by atoms with van der Waals surface area (Å²) in [4.78, 5) is 11.3. The van der Waals surface area contributed by atoms with Gasteiger partial charge in [0.2, 0.25) is 15.9 Å². The molecular formula is C16H20N2O4S. The molecule has 6 nitrogen and oxygen atoms in total. The number of sulfonamides is 1. The van der Waals surface area contributed by atoms with Crippen LogP contribution < -0.4 is 10.0 Å². The van der Waals surface area contributed by atoms with Crippen LogP contribution in [0.3, 0.4) is 0 Å². The van der Waals surface area contributed by atoms with Crippen LogP contribution in [0.1, 0.15) is 25.0 Å². The maximum atomic E-state index is 12.5. The van der Waals surface area contributed by atoms with E-state index in [-0.39, 0.29) is 16.8 Å². The monoisotopic (exact) mass is 336 g/mol. The highest BCUT2D eigenvalue weighted by Gasteiger charge is 2.20. The second-order valence-electron chi connectivity index (χ2n) is 5.52. The molecule has 1 aromatic heterocycles. The molecule has 0 aliphatic rings. The van der Waals surface area contributed by atoms with Crippen molar-refractivity contribution < 1.29 is 17.6 Å². The topological polar surface area (TPSA) is 88.4 Å². The number of furan rings is 1. The minimum Gasteiger partial charge on any atom is -0.472 e. The van der Waals surface area contributed by atoms with Crippen molar-refractivity contribution in [2.45, 2.75) is 38.1 Å². The van der Waals surface area contributed by atoms with E-state index in [1.165, 1.54) is 13.0 Å². The Labute approximate surface area is 135 Å². The fraction of sp³-hybridized carbons (Fsp3) is 0.312. The highest BCUT2D eigenvalue weighted by molar-refractivity contribution is 7.89. The third kappa shape index (κ3) is 4.67. The summed E-state index contributed by atoms with van der Waals surface area (Å²) in [7, 11) is -3.63. The van der Waals surface area contributed by atoms with E-state index in [0.29, 0.717) is 17.7 Å². The van der Waals surface area contributed by atoms with Gasteiger partial charge in [0.15, 0.2) is 0 Å². The van der Waals surface area contributed by atoms with Crippen LogP contribution in [0.25, 0.3) is 0 Å². The van der Waals surface area contributed by atoms with Crippen molar-refractivity contribution in [3.8, 4) is 0 Å². The molecule has 0 aliphatic heterocycles. The molecule has 1 amide bonds. The number of anilines is 1. The molecule has 0 saturated heterocycles. The molecule has 23 heavy (non-hydrogen) atoms. The predicted molar refractivity (Wildman–Crippen MR) is 87.7 cm³/mol. The zero-order valence-corrected chi connectivity index (χ0v) is 14.1. The Morgan fingerprint density at radius 1 is 1.30 bits per heavy atom. The number of hydrogen-bond acceptors (Lipinski definition) is 4. The molecule has 1 unspecified atom stereocenters. The van der Waals surface area contributed by atoms with E-state index in [1.54, 1.807) is 44.6 Å². The quantitative estimate of drug-likeness (QED) is 0.848. The van der Waals surface area contributed by atoms with Gasteiger partial charge in [-0.15, -0.1) is 0 Å². The van der Waals surface area contributed by atoms with Gasteiger partial charge in [0, 0.05) is 18.7 Å². The first-order valence-electron chi connectivity index (χ1n) is 7.19. The van der Waals surface area contributed by atoms with Crippen LogP contribution >= 0.6 is 0 Å². The highest BCUT2D eigenvalue weighted by atomic mass is 32.2. The van der Waals surface area contributed by atoms with Crippen LogP contribution in [0.2, 0.25) is 0 Å². The van der Waals surface area contributed by atoms with Gasteiger partial charge in [0.05, 0.1) is 17.4 Å². The summed E-state index contributed by atoms with van der Waals surface area (Å²) in [5.74, 6) is -0.202. The van der Waals surface area contributed by atoms with Crippen LogP contribution in [0.5, 0.6) is 0 Å². The van der Waals surface area contributed by atoms with E-state index >= 15 is 0 Å². The van der Waals surface area contributed by atoms with Gasteiger partial charge in [-0.1, -0.05) is 0 Å². The molecule has 0 saturated carbocycles. The molecule has 2 rings (SSSR count). The van der Waals surface area contributed by atoms with Crippen molar-refractivity contribution in [1.29, 1.82) is 0 Å². The second kappa shape index (κ2) is 6.97. The second-order valence-corrected chi connectivity index (χ2v) is 7.20. The van der Waals surface area contributed by atoms with Crippen molar-refractivity contribution in [1.82, 2.24) is 4.72 Å². The van der Waals surface area contributed by atoms with Crippen molar-refractivity contribution in [2.24, 2.45) is 0 Å². The zero-order chi connectivity index (χ0) is 17.0. The highest BCUT2D eigenvalue weighted by Crippen LogP contribution is 2.20. The third-order valence-electron chi connectivity index (χ3n) is 3.26. The normalized spacial score (nSPS) is 12.8. The van der Waals surface area contributed by atoms with Gasteiger partial charge in [-0.2, -0.15) is 0 Å². The lowest BCUT2D eigenvalue weighted by Gasteiger charge is -2.15. The summed E-state index contributed by atoms with van der Waals surface area (Å²) >= 11 is 0. The van der Waals surface area contributed by atoms with E-state index in [0.717, 1.165) is 5.56 Å². The Balaban J connectivity index is 2.14. The van der Waals surface area contributed by atoms with E-state index in [1.807, 2.05) is 0 Å². The first-order valence-corrected chi connectivity index (χ1v) is 8.68. The van der Waals surface area contributed by atoms with Gasteiger partial charge in [-0.3, -0.25) is 4.79 Å². The number of rotatable bonds is 6. The summed E-state index contributed by atoms with van der Waals surface area (Å²) in [5.41, 5.74) is 2.07. The molecule has 0 aliphatic carbocycles. The zero-order valence-electron chi connectivity index (χ0n) is 13.3. The van der Waals surface area contributed by atoms with E-state index in [9.17, 15) is 13.2 Å². The maximum Gasteiger partial charge on any atom is 0.241 e. The van der Waals surface area contributed by atoms with Crippen LogP contribution in [0, 0.1) is 6.92 Å². The summed E-state index contributed by atoms with van der Waals surface area (Å²) in [5, 5.41) is 2.63. The molecule has 0 fully saturated rings. The molecule has 2 N–H and O–H groups in total. The SMILES string of the molecule is CC(=O)Nc1ccc(S(=O)(=O)NC(C)Cc2ccoc2)c(C)c1. The number of nitrogens with one attached hydrogen (secondary N) is 2. The summed E-state index contributed by atoms with van der Waals surface area (Å²) in [6, 6.07) is 6.23. The van der Waals surface area contributed by atoms with Crippen molar-refractivity contribution in [3.63, 3.8) is 0 Å². The number of carbonyl (C=O) groups excluding carboxylic acids is 1. The maximum absolute atomic E-state index is 12.5. The summed E-state index contributed by atoms with van der Waals surface area (Å²) < 4.78 is 32.6. The van der Waals surface area contributed by atoms with Gasteiger partial charge in [0.1, 0.15) is 0 Å². The number of aryl methyl sites for hydroxylation is 1. The largest absolute Gasteiger partial charge is 0.472 e. The molecule has 7 heteroatoms. The molecule has 1 aromatic carbocycles. The van der Waals surface area contributed by atoms with E-state index in [4.69, 9.17) is 4.42 Å². The lowest BCUT2D eigenvalue weighted by Crippen LogP contribution is -2.34. The van der Waals surface area contributed by atoms with Crippen LogP contribution in [0.4, 0.5) is 5.69 Å². The molecule has 0 bridgehead atoms. The van der Waals surface area contributed by atoms with Gasteiger partial charge in [-0.25, -0.2) is 13.1 Å². The van der Waals surface area contributed by atoms with Crippen LogP contribution in [-0.4, -0.2) is 20.4 Å². The van der Waals surface area contributed by atoms with E-state index < -0.39 is 10.0 Å². The average Bonchev–Trinajstić information content (AvgIpc) is 2.89. The van der Waals surface area contributed by atoms with E-state index in [2.05, 4.69) is 10.0 Å². The molecule has 2 aromatic rings. The molecule has 0 radical (unpaired) electrons. The van der Waals surface area contributed by atoms with Crippen LogP contribution in [0.15, 0.2) is 46.1 Å². The summed E-state index contributed by atoms with van der Waals surface area (Å²) in [6.45, 7) is 4.89. The first-order chi connectivity index (χ1) is 10.8. The lowest BCUT2D eigenvalue weighted by molar-refractivity contribution is -0.114. The number of benzene rings is 1. The Kier molecular flexibility index (Phi) is 5.23. The van der Waals surface area contributed by atoms with Crippen molar-refractivity contribution in [3.05, 3.63) is 47.9 Å². The number of hydrogen-bond donors (Lipinski definition) is 2. The Morgan fingerprint density at radius 3 is 2.61 bits per heavy atom. The molecule has 0 spiro atoms. The molecule has 1 heterocycles. The lowest BCUT2D eigenvalue weighted by atomic mass is 10.1. The Hall–Kier alpha value is -2.12. The summed E-state index contributed by atoms with van der Waals surface area (Å²) in [6.07, 6.45) is 3.69. The number of carbonyl (C=O) groups is 1. The predicted octanol–water partition coefficient (Wildman–Crippen LogP) is 2.46. The Bertz CT molecular complexity index is 782. The number of amides is 1. The molecule has 124 valence electrons. The van der Waals surface area contributed by atoms with Crippen LogP contribution in [-0.2, 0) is 21.2 Å². The fourth-order valence-corrected chi connectivity index (χ4v) is 3.83. The Morgan fingerprint density at radius 2 is 2.04 bits per heavy atom. The first kappa shape index (κ1) is 17.2. The van der Waals surface area contributed by atoms with Gasteiger partial charge in [-0.05, 0) is 55.7 Å². The minimum atomic E-state index is -3.63. The fourth-order valence-electron chi connectivity index (χ4n) is 2.36. The van der Waals surface area contributed by atoms with Gasteiger partial charge < -0.3 is 9.73 Å². The van der Waals surface area contributed by atoms with Gasteiger partial charge in [0.25, 0.3) is 0 Å². The van der Waals surface area contributed by atoms with Crippen molar-refractivity contribution >= 4 is 21.6 Å². The molecular weight excluding hydrogens is 316 g/mol. The third-order valence-corrected chi connectivity index (χ3v) is 5.01. The smallest absolute Gasteiger partial charge is 0.241 e. The average molecular weight is 336 g/mol. The molecule has 1 atom stereocenters. The van der Waals surface area contributed by atoms with Gasteiger partial charge >= 0.3 is 0 Å². The van der Waals surface area contributed by atoms with Crippen molar-refractivity contribution in [2.75, 3.05) is 5.32 Å². The standard InChI is InChI=1S/C16H20N2O4S/c1-11-8-15(17-13(3)19)4-5-16(11)23(20,21)18-12(2)9-14-6-7-22-10-14/h4-8,10,12,18H,9H2,1-3H3,(H,17,19). The minimum absolute atomic E-state index is 0.200.